The molecule has 2 rings (SSSR count). The Morgan fingerprint density at radius 3 is 2.69 bits per heavy atom. The first-order chi connectivity index (χ1) is 7.40. The molecule has 1 aliphatic carbocycles. The fraction of sp³-hybridized carbons (Fsp3) is 1.00. The first kappa shape index (κ1) is 12.7. The van der Waals surface area contributed by atoms with Crippen molar-refractivity contribution in [1.82, 2.24) is 0 Å². The van der Waals surface area contributed by atoms with Gasteiger partial charge in [-0.2, -0.15) is 0 Å². The summed E-state index contributed by atoms with van der Waals surface area (Å²) in [5, 5.41) is 9.72. The van der Waals surface area contributed by atoms with Crippen LogP contribution in [0.25, 0.3) is 0 Å². The lowest BCUT2D eigenvalue weighted by atomic mass is 9.75. The van der Waals surface area contributed by atoms with E-state index in [9.17, 15) is 5.11 Å². The molecule has 1 heterocycles. The van der Waals surface area contributed by atoms with Gasteiger partial charge in [-0.05, 0) is 31.6 Å². The molecule has 94 valence electrons. The Bertz CT molecular complexity index is 252. The molecule has 5 atom stereocenters. The number of ether oxygens (including phenoxy) is 1. The Morgan fingerprint density at radius 2 is 2.06 bits per heavy atom. The fourth-order valence-electron chi connectivity index (χ4n) is 3.07. The monoisotopic (exact) mass is 244 g/mol. The van der Waals surface area contributed by atoms with Crippen LogP contribution in [0.5, 0.6) is 0 Å². The molecule has 0 spiro atoms. The highest BCUT2D eigenvalue weighted by atomic mass is 32.2. The smallest absolute Gasteiger partial charge is 0.129 e. The van der Waals surface area contributed by atoms with Crippen LogP contribution in [0.2, 0.25) is 0 Å². The van der Waals surface area contributed by atoms with Crippen LogP contribution in [-0.2, 0) is 4.74 Å². The first-order valence-electron chi connectivity index (χ1n) is 6.41. The number of aliphatic hydroxyl groups excluding tert-OH is 1. The lowest BCUT2D eigenvalue weighted by Gasteiger charge is -2.50. The molecule has 2 nitrogen and oxygen atoms in total. The predicted octanol–water partition coefficient (Wildman–Crippen LogP) is 3.04. The molecule has 1 N–H and O–H groups in total. The van der Waals surface area contributed by atoms with E-state index in [1.807, 2.05) is 18.7 Å². The summed E-state index contributed by atoms with van der Waals surface area (Å²) in [7, 11) is 0. The minimum Gasteiger partial charge on any atom is -0.390 e. The van der Waals surface area contributed by atoms with Crippen molar-refractivity contribution in [1.29, 1.82) is 0 Å². The third-order valence-corrected chi connectivity index (χ3v) is 5.72. The van der Waals surface area contributed by atoms with Gasteiger partial charge in [0.1, 0.15) is 5.44 Å². The van der Waals surface area contributed by atoms with E-state index in [1.54, 1.807) is 0 Å². The van der Waals surface area contributed by atoms with Gasteiger partial charge in [0.2, 0.25) is 0 Å². The third-order valence-electron chi connectivity index (χ3n) is 4.07. The summed E-state index contributed by atoms with van der Waals surface area (Å²) in [6.45, 7) is 8.76. The molecule has 16 heavy (non-hydrogen) atoms. The SMILES string of the molecule is CC1CCC2C(C1)OC(C(C)O)SC2(C)C. The van der Waals surface area contributed by atoms with Gasteiger partial charge in [0.05, 0.1) is 12.2 Å². The second-order valence-electron chi connectivity index (χ2n) is 6.03. The van der Waals surface area contributed by atoms with E-state index in [0.717, 1.165) is 12.3 Å². The number of hydrogen-bond acceptors (Lipinski definition) is 3. The molecular formula is C13H24O2S. The fourth-order valence-corrected chi connectivity index (χ4v) is 4.51. The molecule has 0 bridgehead atoms. The zero-order chi connectivity index (χ0) is 11.9. The van der Waals surface area contributed by atoms with E-state index < -0.39 is 0 Å². The highest BCUT2D eigenvalue weighted by Gasteiger charge is 2.47. The molecule has 0 aromatic carbocycles. The van der Waals surface area contributed by atoms with E-state index in [0.29, 0.717) is 12.0 Å². The van der Waals surface area contributed by atoms with E-state index in [4.69, 9.17) is 4.74 Å². The van der Waals surface area contributed by atoms with Crippen molar-refractivity contribution in [2.75, 3.05) is 0 Å². The quantitative estimate of drug-likeness (QED) is 0.769. The van der Waals surface area contributed by atoms with E-state index in [2.05, 4.69) is 20.8 Å². The highest BCUT2D eigenvalue weighted by molar-refractivity contribution is 8.01. The molecule has 0 aromatic rings. The molecular weight excluding hydrogens is 220 g/mol. The third kappa shape index (κ3) is 2.41. The molecule has 5 unspecified atom stereocenters. The van der Waals surface area contributed by atoms with Crippen LogP contribution in [0.1, 0.15) is 47.0 Å². The van der Waals surface area contributed by atoms with Gasteiger partial charge >= 0.3 is 0 Å². The molecule has 2 aliphatic rings. The summed E-state index contributed by atoms with van der Waals surface area (Å²) in [5.74, 6) is 1.43. The van der Waals surface area contributed by atoms with Gasteiger partial charge in [-0.1, -0.05) is 27.2 Å². The van der Waals surface area contributed by atoms with Crippen molar-refractivity contribution in [3.63, 3.8) is 0 Å². The summed E-state index contributed by atoms with van der Waals surface area (Å²) >= 11 is 1.81. The summed E-state index contributed by atoms with van der Waals surface area (Å²) < 4.78 is 6.31. The van der Waals surface area contributed by atoms with Crippen LogP contribution >= 0.6 is 11.8 Å². The van der Waals surface area contributed by atoms with E-state index in [-0.39, 0.29) is 16.3 Å². The van der Waals surface area contributed by atoms with Crippen molar-refractivity contribution < 1.29 is 9.84 Å². The minimum absolute atomic E-state index is 0.0402. The molecule has 1 saturated heterocycles. The maximum atomic E-state index is 9.72. The van der Waals surface area contributed by atoms with Gasteiger partial charge in [0.25, 0.3) is 0 Å². The molecule has 3 heteroatoms. The van der Waals surface area contributed by atoms with Crippen LogP contribution in [0.15, 0.2) is 0 Å². The molecule has 1 aliphatic heterocycles. The normalized spacial score (nSPS) is 44.8. The van der Waals surface area contributed by atoms with Gasteiger partial charge in [0.15, 0.2) is 0 Å². The Balaban J connectivity index is 2.12. The maximum Gasteiger partial charge on any atom is 0.129 e. The van der Waals surface area contributed by atoms with E-state index in [1.165, 1.54) is 12.8 Å². The van der Waals surface area contributed by atoms with Crippen molar-refractivity contribution in [2.45, 2.75) is 69.3 Å². The number of hydrogen-bond donors (Lipinski definition) is 1. The van der Waals surface area contributed by atoms with Crippen molar-refractivity contribution >= 4 is 11.8 Å². The van der Waals surface area contributed by atoms with Gasteiger partial charge in [-0.25, -0.2) is 0 Å². The lowest BCUT2D eigenvalue weighted by Crippen LogP contribution is -2.51. The van der Waals surface area contributed by atoms with Crippen LogP contribution in [0.4, 0.5) is 0 Å². The van der Waals surface area contributed by atoms with Crippen LogP contribution < -0.4 is 0 Å². The Kier molecular flexibility index (Phi) is 3.58. The minimum atomic E-state index is -0.373. The number of fused-ring (bicyclic) bond motifs is 1. The zero-order valence-corrected chi connectivity index (χ0v) is 11.6. The Labute approximate surface area is 103 Å². The Morgan fingerprint density at radius 1 is 1.38 bits per heavy atom. The highest BCUT2D eigenvalue weighted by Crippen LogP contribution is 2.50. The van der Waals surface area contributed by atoms with Crippen LogP contribution in [0.3, 0.4) is 0 Å². The zero-order valence-electron chi connectivity index (χ0n) is 10.8. The average Bonchev–Trinajstić information content (AvgIpc) is 2.15. The molecule has 2 fully saturated rings. The number of aliphatic hydroxyl groups is 1. The van der Waals surface area contributed by atoms with Crippen molar-refractivity contribution in [3.8, 4) is 0 Å². The first-order valence-corrected chi connectivity index (χ1v) is 7.29. The standard InChI is InChI=1S/C13H24O2S/c1-8-5-6-10-11(7-8)15-12(9(2)14)16-13(10,3)4/h8-12,14H,5-7H2,1-4H3. The molecule has 0 amide bonds. The van der Waals surface area contributed by atoms with Crippen molar-refractivity contribution in [3.05, 3.63) is 0 Å². The second-order valence-corrected chi connectivity index (χ2v) is 7.78. The Hall–Kier alpha value is 0.270. The molecule has 0 radical (unpaired) electrons. The second kappa shape index (κ2) is 4.51. The summed E-state index contributed by atoms with van der Waals surface area (Å²) in [6.07, 6.45) is 3.76. The van der Waals surface area contributed by atoms with Gasteiger partial charge < -0.3 is 9.84 Å². The van der Waals surface area contributed by atoms with Crippen LogP contribution in [0, 0.1) is 11.8 Å². The number of thioether (sulfide) groups is 1. The average molecular weight is 244 g/mol. The largest absolute Gasteiger partial charge is 0.390 e. The van der Waals surface area contributed by atoms with Gasteiger partial charge in [-0.15, -0.1) is 11.8 Å². The summed E-state index contributed by atoms with van der Waals surface area (Å²) in [4.78, 5) is 0. The molecule has 1 saturated carbocycles. The van der Waals surface area contributed by atoms with Crippen LogP contribution in [-0.4, -0.2) is 27.5 Å². The maximum absolute atomic E-state index is 9.72. The van der Waals surface area contributed by atoms with Gasteiger partial charge in [0, 0.05) is 4.75 Å². The molecule has 0 aromatic heterocycles. The predicted molar refractivity (Wildman–Crippen MR) is 68.5 cm³/mol. The number of rotatable bonds is 1. The van der Waals surface area contributed by atoms with Crippen molar-refractivity contribution in [2.24, 2.45) is 11.8 Å². The topological polar surface area (TPSA) is 29.5 Å². The van der Waals surface area contributed by atoms with E-state index >= 15 is 0 Å². The van der Waals surface area contributed by atoms with Gasteiger partial charge in [-0.3, -0.25) is 0 Å². The lowest BCUT2D eigenvalue weighted by molar-refractivity contribution is -0.0890. The summed E-state index contributed by atoms with van der Waals surface area (Å²) in [5.41, 5.74) is -0.0402. The summed E-state index contributed by atoms with van der Waals surface area (Å²) in [6, 6.07) is 0.